The molecule has 0 aromatic heterocycles. The maximum absolute atomic E-state index is 12.4. The zero-order chi connectivity index (χ0) is 50.7. The summed E-state index contributed by atoms with van der Waals surface area (Å²) in [5.74, 6) is -0.0610. The molecular weight excluding hydrogens is 863 g/mol. The summed E-state index contributed by atoms with van der Waals surface area (Å²) in [6, 6.07) is -0.628. The number of esters is 1. The molecule has 3 N–H and O–H groups in total. The first-order valence-electron chi connectivity index (χ1n) is 31.3. The molecule has 70 heavy (non-hydrogen) atoms. The summed E-state index contributed by atoms with van der Waals surface area (Å²) in [6.45, 7) is 4.88. The van der Waals surface area contributed by atoms with Crippen LogP contribution in [0.4, 0.5) is 0 Å². The van der Waals surface area contributed by atoms with E-state index in [9.17, 15) is 19.8 Å². The van der Waals surface area contributed by atoms with Crippen molar-refractivity contribution in [2.45, 2.75) is 347 Å². The predicted molar refractivity (Wildman–Crippen MR) is 306 cm³/mol. The van der Waals surface area contributed by atoms with E-state index in [1.54, 1.807) is 6.08 Å². The van der Waals surface area contributed by atoms with Crippen molar-refractivity contribution in [3.05, 3.63) is 36.5 Å². The second-order valence-electron chi connectivity index (χ2n) is 21.4. The number of aliphatic hydroxyl groups is 2. The molecule has 0 bridgehead atoms. The van der Waals surface area contributed by atoms with Gasteiger partial charge in [-0.1, -0.05) is 275 Å². The highest BCUT2D eigenvalue weighted by Gasteiger charge is 2.18. The van der Waals surface area contributed by atoms with Crippen LogP contribution in [0.1, 0.15) is 335 Å². The molecule has 0 aromatic rings. The van der Waals surface area contributed by atoms with Crippen LogP contribution in [0.15, 0.2) is 36.5 Å². The summed E-state index contributed by atoms with van der Waals surface area (Å²) < 4.78 is 5.50. The van der Waals surface area contributed by atoms with Crippen molar-refractivity contribution in [3.8, 4) is 0 Å². The summed E-state index contributed by atoms with van der Waals surface area (Å²) in [5.41, 5.74) is 0. The first-order chi connectivity index (χ1) is 34.5. The Bertz CT molecular complexity index is 1130. The van der Waals surface area contributed by atoms with Crippen molar-refractivity contribution in [3.63, 3.8) is 0 Å². The number of ether oxygens (including phenoxy) is 1. The minimum atomic E-state index is -0.844. The van der Waals surface area contributed by atoms with E-state index >= 15 is 0 Å². The van der Waals surface area contributed by atoms with Crippen LogP contribution in [0.3, 0.4) is 0 Å². The summed E-state index contributed by atoms with van der Waals surface area (Å²) >= 11 is 0. The summed E-state index contributed by atoms with van der Waals surface area (Å²) in [4.78, 5) is 24.5. The largest absolute Gasteiger partial charge is 0.466 e. The van der Waals surface area contributed by atoms with Crippen LogP contribution in [0.5, 0.6) is 0 Å². The van der Waals surface area contributed by atoms with E-state index in [0.29, 0.717) is 19.4 Å². The van der Waals surface area contributed by atoms with Crippen molar-refractivity contribution >= 4 is 11.9 Å². The molecule has 1 amide bonds. The van der Waals surface area contributed by atoms with E-state index in [-0.39, 0.29) is 18.5 Å². The van der Waals surface area contributed by atoms with Gasteiger partial charge in [-0.05, 0) is 83.5 Å². The molecule has 0 fully saturated rings. The average Bonchev–Trinajstić information content (AvgIpc) is 3.36. The molecule has 0 aliphatic heterocycles. The Hall–Kier alpha value is -1.92. The molecule has 0 aromatic carbocycles. The van der Waals surface area contributed by atoms with Gasteiger partial charge < -0.3 is 20.3 Å². The van der Waals surface area contributed by atoms with Crippen LogP contribution in [0.2, 0.25) is 0 Å². The van der Waals surface area contributed by atoms with E-state index in [1.807, 2.05) is 6.08 Å². The number of allylic oxidation sites excluding steroid dienone is 5. The lowest BCUT2D eigenvalue weighted by atomic mass is 10.0. The van der Waals surface area contributed by atoms with Gasteiger partial charge in [0.05, 0.1) is 25.4 Å². The standard InChI is InChI=1S/C64H121NO5/c1-3-5-7-9-11-13-14-15-16-17-25-29-32-35-38-42-46-50-54-58-64(69)70-59-55-51-47-43-39-36-33-30-27-24-22-20-18-19-21-23-26-28-31-34-37-41-45-49-53-57-63(68)65-61(60-66)62(67)56-52-48-44-40-12-10-8-6-4-2/h15-16,19,21,52,56,61-62,66-67H,3-14,17-18,20,22-51,53-55,57-60H2,1-2H3,(H,65,68)/b16-15-,21-19-,56-52+. The monoisotopic (exact) mass is 984 g/mol. The predicted octanol–water partition coefficient (Wildman–Crippen LogP) is 19.6. The summed E-state index contributed by atoms with van der Waals surface area (Å²) in [5, 5.41) is 22.9. The third-order valence-corrected chi connectivity index (χ3v) is 14.4. The molecule has 412 valence electrons. The van der Waals surface area contributed by atoms with E-state index in [0.717, 1.165) is 44.9 Å². The maximum atomic E-state index is 12.4. The SMILES string of the molecule is CCCCCCCC/C=C\CCCCCCCCCCCC(=O)OCCCCCCCCCCCCCC/C=C\CCCCCCCCCCCC(=O)NC(CO)C(O)/C=C/CCCCCCCCC. The van der Waals surface area contributed by atoms with Gasteiger partial charge in [0, 0.05) is 12.8 Å². The lowest BCUT2D eigenvalue weighted by Gasteiger charge is -2.20. The van der Waals surface area contributed by atoms with E-state index in [2.05, 4.69) is 43.5 Å². The molecule has 6 heteroatoms. The van der Waals surface area contributed by atoms with Gasteiger partial charge in [0.25, 0.3) is 0 Å². The van der Waals surface area contributed by atoms with Gasteiger partial charge in [0.1, 0.15) is 0 Å². The highest BCUT2D eigenvalue weighted by Crippen LogP contribution is 2.17. The van der Waals surface area contributed by atoms with E-state index < -0.39 is 12.1 Å². The Morgan fingerprint density at radius 3 is 1.01 bits per heavy atom. The van der Waals surface area contributed by atoms with Gasteiger partial charge in [0.15, 0.2) is 0 Å². The molecule has 0 spiro atoms. The van der Waals surface area contributed by atoms with Gasteiger partial charge in [-0.25, -0.2) is 0 Å². The summed E-state index contributed by atoms with van der Waals surface area (Å²) in [6.07, 6.45) is 74.9. The number of nitrogens with one attached hydrogen (secondary N) is 1. The first kappa shape index (κ1) is 68.1. The molecule has 0 rings (SSSR count). The Balaban J connectivity index is 3.36. The zero-order valence-corrected chi connectivity index (χ0v) is 47.0. The smallest absolute Gasteiger partial charge is 0.305 e. The van der Waals surface area contributed by atoms with Crippen molar-refractivity contribution in [2.24, 2.45) is 0 Å². The topological polar surface area (TPSA) is 95.9 Å². The molecule has 0 saturated heterocycles. The number of unbranched alkanes of at least 4 members (excludes halogenated alkanes) is 43. The molecular formula is C64H121NO5. The maximum Gasteiger partial charge on any atom is 0.305 e. The molecule has 0 aliphatic carbocycles. The van der Waals surface area contributed by atoms with Gasteiger partial charge in [-0.2, -0.15) is 0 Å². The van der Waals surface area contributed by atoms with Crippen molar-refractivity contribution < 1.29 is 24.5 Å². The fourth-order valence-corrected chi connectivity index (χ4v) is 9.57. The van der Waals surface area contributed by atoms with E-state index in [1.165, 1.54) is 263 Å². The third-order valence-electron chi connectivity index (χ3n) is 14.4. The molecule has 2 unspecified atom stereocenters. The Labute approximate surface area is 436 Å². The number of amides is 1. The van der Waals surface area contributed by atoms with Crippen LogP contribution >= 0.6 is 0 Å². The highest BCUT2D eigenvalue weighted by atomic mass is 16.5. The normalized spacial score (nSPS) is 12.8. The minimum absolute atomic E-state index is 0.0124. The van der Waals surface area contributed by atoms with Crippen LogP contribution in [-0.4, -0.2) is 47.4 Å². The molecule has 0 saturated carbocycles. The summed E-state index contributed by atoms with van der Waals surface area (Å²) in [7, 11) is 0. The number of carbonyl (C=O) groups excluding carboxylic acids is 2. The minimum Gasteiger partial charge on any atom is -0.466 e. The van der Waals surface area contributed by atoms with Crippen molar-refractivity contribution in [1.29, 1.82) is 0 Å². The van der Waals surface area contributed by atoms with Gasteiger partial charge in [-0.3, -0.25) is 9.59 Å². The lowest BCUT2D eigenvalue weighted by molar-refractivity contribution is -0.143. The molecule has 0 radical (unpaired) electrons. The number of hydrogen-bond acceptors (Lipinski definition) is 5. The average molecular weight is 985 g/mol. The molecule has 6 nitrogen and oxygen atoms in total. The zero-order valence-electron chi connectivity index (χ0n) is 47.0. The fraction of sp³-hybridized carbons (Fsp3) is 0.875. The van der Waals surface area contributed by atoms with Gasteiger partial charge in [-0.15, -0.1) is 0 Å². The third kappa shape index (κ3) is 55.4. The molecule has 0 heterocycles. The lowest BCUT2D eigenvalue weighted by Crippen LogP contribution is -2.45. The van der Waals surface area contributed by atoms with Crippen LogP contribution in [0.25, 0.3) is 0 Å². The molecule has 2 atom stereocenters. The number of hydrogen-bond donors (Lipinski definition) is 3. The van der Waals surface area contributed by atoms with Crippen molar-refractivity contribution in [2.75, 3.05) is 13.2 Å². The Kier molecular flexibility index (Phi) is 58.0. The quantitative estimate of drug-likeness (QED) is 0.0321. The van der Waals surface area contributed by atoms with Crippen LogP contribution in [0, 0.1) is 0 Å². The number of carbonyl (C=O) groups is 2. The Morgan fingerprint density at radius 2 is 0.671 bits per heavy atom. The van der Waals surface area contributed by atoms with Crippen LogP contribution in [-0.2, 0) is 14.3 Å². The number of aliphatic hydroxyl groups excluding tert-OH is 2. The van der Waals surface area contributed by atoms with Gasteiger partial charge in [0.2, 0.25) is 5.91 Å². The number of rotatable bonds is 58. The van der Waals surface area contributed by atoms with E-state index in [4.69, 9.17) is 4.74 Å². The first-order valence-corrected chi connectivity index (χ1v) is 31.3. The van der Waals surface area contributed by atoms with Crippen LogP contribution < -0.4 is 5.32 Å². The highest BCUT2D eigenvalue weighted by molar-refractivity contribution is 5.76. The van der Waals surface area contributed by atoms with Gasteiger partial charge >= 0.3 is 5.97 Å². The fourth-order valence-electron chi connectivity index (χ4n) is 9.57. The second kappa shape index (κ2) is 59.6. The van der Waals surface area contributed by atoms with Crippen molar-refractivity contribution in [1.82, 2.24) is 5.32 Å². The molecule has 0 aliphatic rings. The second-order valence-corrected chi connectivity index (χ2v) is 21.4. The Morgan fingerprint density at radius 1 is 0.386 bits per heavy atom.